The summed E-state index contributed by atoms with van der Waals surface area (Å²) in [7, 11) is -0.416. The first-order chi connectivity index (χ1) is 12.7. The van der Waals surface area contributed by atoms with E-state index in [0.29, 0.717) is 11.0 Å². The van der Waals surface area contributed by atoms with Gasteiger partial charge in [-0.3, -0.25) is 0 Å². The van der Waals surface area contributed by atoms with Gasteiger partial charge in [-0.2, -0.15) is 0 Å². The largest absolute Gasteiger partial charge is 0.744 e. The molecule has 156 valence electrons. The molecule has 1 unspecified atom stereocenters. The number of ether oxygens (including phenoxy) is 1. The van der Waals surface area contributed by atoms with Crippen molar-refractivity contribution < 1.29 is 22.3 Å². The predicted octanol–water partition coefficient (Wildman–Crippen LogP) is 4.04. The number of nitrogens with one attached hydrogen (secondary N) is 1. The maximum Gasteiger partial charge on any atom is 0.193 e. The molecule has 0 aromatic heterocycles. The van der Waals surface area contributed by atoms with Crippen LogP contribution in [0.2, 0.25) is 0 Å². The summed E-state index contributed by atoms with van der Waals surface area (Å²) in [5.41, 5.74) is 3.44. The number of rotatable bonds is 14. The molecule has 0 radical (unpaired) electrons. The lowest BCUT2D eigenvalue weighted by Gasteiger charge is -2.34. The van der Waals surface area contributed by atoms with Gasteiger partial charge in [-0.05, 0) is 25.0 Å². The molecule has 0 heterocycles. The van der Waals surface area contributed by atoms with Crippen LogP contribution in [0.1, 0.15) is 65.2 Å². The average molecular weight is 401 g/mol. The molecule has 1 rings (SSSR count). The molecule has 0 aliphatic rings. The van der Waals surface area contributed by atoms with Crippen LogP contribution in [0, 0.1) is 0 Å². The van der Waals surface area contributed by atoms with Crippen LogP contribution in [0.15, 0.2) is 29.2 Å². The monoisotopic (exact) mass is 400 g/mol. The molecule has 0 fully saturated rings. The van der Waals surface area contributed by atoms with Crippen molar-refractivity contribution in [3.05, 3.63) is 24.3 Å². The van der Waals surface area contributed by atoms with Crippen LogP contribution < -0.4 is 10.2 Å². The number of hydrogen-bond donors (Lipinski definition) is 1. The zero-order chi connectivity index (χ0) is 20.3. The van der Waals surface area contributed by atoms with Crippen LogP contribution in [0.3, 0.4) is 0 Å². The van der Waals surface area contributed by atoms with E-state index in [-0.39, 0.29) is 16.9 Å². The van der Waals surface area contributed by atoms with E-state index in [1.165, 1.54) is 50.3 Å². The summed E-state index contributed by atoms with van der Waals surface area (Å²) in [5.74, 6) is 0.109. The van der Waals surface area contributed by atoms with Crippen LogP contribution in [0.4, 0.5) is 0 Å². The summed E-state index contributed by atoms with van der Waals surface area (Å²) in [5, 5.41) is 0. The fourth-order valence-corrected chi connectivity index (χ4v) is 3.67. The summed E-state index contributed by atoms with van der Waals surface area (Å²) in [6.45, 7) is 5.22. The molecule has 1 N–H and O–H groups in total. The Hall–Kier alpha value is -1.15. The molecule has 7 heteroatoms. The van der Waals surface area contributed by atoms with Crippen LogP contribution in [-0.2, 0) is 10.1 Å². The van der Waals surface area contributed by atoms with E-state index in [4.69, 9.17) is 4.74 Å². The summed E-state index contributed by atoms with van der Waals surface area (Å²) < 4.78 is 40.9. The molecule has 0 aliphatic heterocycles. The number of para-hydroxylation sites is 1. The lowest BCUT2D eigenvalue weighted by Crippen LogP contribution is -2.58. The van der Waals surface area contributed by atoms with Crippen LogP contribution >= 0.6 is 0 Å². The van der Waals surface area contributed by atoms with Gasteiger partial charge in [-0.1, -0.05) is 58.1 Å². The van der Waals surface area contributed by atoms with Crippen LogP contribution in [-0.4, -0.2) is 44.4 Å². The number of nitrogens with zero attached hydrogens (tertiary/aromatic N) is 1. The minimum Gasteiger partial charge on any atom is -0.744 e. The van der Waals surface area contributed by atoms with Gasteiger partial charge in [0.05, 0.1) is 25.5 Å². The Bertz CT molecular complexity index is 647. The molecule has 1 atom stereocenters. The maximum absolute atomic E-state index is 11.5. The highest BCUT2D eigenvalue weighted by atomic mass is 32.2. The van der Waals surface area contributed by atoms with Crippen molar-refractivity contribution >= 4 is 10.1 Å². The third-order valence-electron chi connectivity index (χ3n) is 4.50. The normalized spacial score (nSPS) is 13.5. The van der Waals surface area contributed by atoms with E-state index < -0.39 is 10.1 Å². The van der Waals surface area contributed by atoms with Crippen molar-refractivity contribution in [2.24, 2.45) is 0 Å². The highest BCUT2D eigenvalue weighted by Gasteiger charge is 2.23. The van der Waals surface area contributed by atoms with E-state index in [1.807, 2.05) is 6.92 Å². The van der Waals surface area contributed by atoms with Crippen LogP contribution in [0.5, 0.6) is 5.75 Å². The van der Waals surface area contributed by atoms with Crippen molar-refractivity contribution in [2.45, 2.75) is 76.3 Å². The van der Waals surface area contributed by atoms with Gasteiger partial charge in [0.25, 0.3) is 0 Å². The molecule has 27 heavy (non-hydrogen) atoms. The molecule has 0 saturated heterocycles. The number of hydrogen-bond acceptors (Lipinski definition) is 5. The SMILES string of the molecule is CCCCCCCC[N+](C)(C)NC(CCC)Oc1ccccc1S(=O)(=O)[O-]. The molecule has 0 amide bonds. The summed E-state index contributed by atoms with van der Waals surface area (Å²) in [6, 6.07) is 6.02. The molecule has 1 aromatic rings. The van der Waals surface area contributed by atoms with E-state index in [0.717, 1.165) is 19.4 Å². The molecule has 0 spiro atoms. The topological polar surface area (TPSA) is 78.5 Å². The summed E-state index contributed by atoms with van der Waals surface area (Å²) in [4.78, 5) is -0.311. The second kappa shape index (κ2) is 11.6. The van der Waals surface area contributed by atoms with Gasteiger partial charge in [0.2, 0.25) is 0 Å². The van der Waals surface area contributed by atoms with Gasteiger partial charge in [-0.25, -0.2) is 13.0 Å². The summed E-state index contributed by atoms with van der Waals surface area (Å²) >= 11 is 0. The minimum atomic E-state index is -4.57. The van der Waals surface area contributed by atoms with E-state index in [2.05, 4.69) is 26.4 Å². The van der Waals surface area contributed by atoms with Gasteiger partial charge < -0.3 is 9.29 Å². The van der Waals surface area contributed by atoms with Crippen molar-refractivity contribution in [2.75, 3.05) is 20.6 Å². The summed E-state index contributed by atoms with van der Waals surface area (Å²) in [6.07, 6.45) is 8.65. The van der Waals surface area contributed by atoms with Gasteiger partial charge >= 0.3 is 0 Å². The zero-order valence-corrected chi connectivity index (χ0v) is 18.1. The van der Waals surface area contributed by atoms with Crippen LogP contribution in [0.25, 0.3) is 0 Å². The highest BCUT2D eigenvalue weighted by Crippen LogP contribution is 2.24. The fourth-order valence-electron chi connectivity index (χ4n) is 3.06. The number of unbranched alkanes of at least 4 members (excludes halogenated alkanes) is 5. The molecular formula is C20H36N2O4S. The van der Waals surface area contributed by atoms with Gasteiger partial charge in [0.1, 0.15) is 15.9 Å². The minimum absolute atomic E-state index is 0.109. The average Bonchev–Trinajstić information content (AvgIpc) is 2.57. The second-order valence-corrected chi connectivity index (χ2v) is 8.95. The third kappa shape index (κ3) is 9.55. The molecule has 0 bridgehead atoms. The lowest BCUT2D eigenvalue weighted by atomic mass is 10.1. The highest BCUT2D eigenvalue weighted by molar-refractivity contribution is 7.85. The fraction of sp³-hybridized carbons (Fsp3) is 0.700. The lowest BCUT2D eigenvalue weighted by molar-refractivity contribution is -0.939. The Morgan fingerprint density at radius 1 is 1.04 bits per heavy atom. The molecule has 0 aliphatic carbocycles. The Morgan fingerprint density at radius 2 is 1.67 bits per heavy atom. The quantitative estimate of drug-likeness (QED) is 0.168. The zero-order valence-electron chi connectivity index (χ0n) is 17.2. The first kappa shape index (κ1) is 23.9. The smallest absolute Gasteiger partial charge is 0.193 e. The number of benzene rings is 1. The molecule has 0 saturated carbocycles. The first-order valence-corrected chi connectivity index (χ1v) is 11.4. The van der Waals surface area contributed by atoms with E-state index >= 15 is 0 Å². The standard InChI is InChI=1S/C20H36N2O4S/c1-5-7-8-9-10-13-17-22(3,4)21-20(14-6-2)26-18-15-11-12-16-19(18)27(23,24)25/h11-12,15-16,20-21H,5-10,13-14,17H2,1-4H3. The Balaban J connectivity index is 2.68. The van der Waals surface area contributed by atoms with Crippen molar-refractivity contribution in [1.29, 1.82) is 0 Å². The van der Waals surface area contributed by atoms with Gasteiger partial charge in [-0.15, -0.1) is 5.43 Å². The predicted molar refractivity (Wildman–Crippen MR) is 107 cm³/mol. The van der Waals surface area contributed by atoms with Gasteiger partial charge in [0.15, 0.2) is 6.23 Å². The van der Waals surface area contributed by atoms with Crippen molar-refractivity contribution in [3.63, 3.8) is 0 Å². The second-order valence-electron chi connectivity index (χ2n) is 7.60. The Labute approximate surface area is 165 Å². The molecule has 6 nitrogen and oxygen atoms in total. The maximum atomic E-state index is 11.5. The van der Waals surface area contributed by atoms with E-state index in [9.17, 15) is 13.0 Å². The van der Waals surface area contributed by atoms with Gasteiger partial charge in [0, 0.05) is 6.42 Å². The third-order valence-corrected chi connectivity index (χ3v) is 5.38. The van der Waals surface area contributed by atoms with Crippen molar-refractivity contribution in [1.82, 2.24) is 5.43 Å². The first-order valence-electron chi connectivity index (χ1n) is 10.0. The van der Waals surface area contributed by atoms with E-state index in [1.54, 1.807) is 6.07 Å². The Morgan fingerprint density at radius 3 is 2.30 bits per heavy atom. The molecule has 1 aromatic carbocycles. The molecular weight excluding hydrogens is 364 g/mol. The number of quaternary nitrogens is 1. The van der Waals surface area contributed by atoms with Crippen molar-refractivity contribution in [3.8, 4) is 5.75 Å². The Kier molecular flexibility index (Phi) is 10.3.